The third kappa shape index (κ3) is 3.69. The van der Waals surface area contributed by atoms with Crippen molar-refractivity contribution in [2.45, 2.75) is 19.4 Å². The average Bonchev–Trinajstić information content (AvgIpc) is 2.49. The van der Waals surface area contributed by atoms with Gasteiger partial charge in [-0.3, -0.25) is 19.0 Å². The first kappa shape index (κ1) is 15.7. The fourth-order valence-electron chi connectivity index (χ4n) is 2.08. The van der Waals surface area contributed by atoms with Crippen molar-refractivity contribution < 1.29 is 14.7 Å². The van der Waals surface area contributed by atoms with Gasteiger partial charge in [0.1, 0.15) is 6.54 Å². The number of rotatable bonds is 6. The quantitative estimate of drug-likeness (QED) is 0.849. The topological polar surface area (TPSA) is 92.5 Å². The molecule has 0 aliphatic heterocycles. The van der Waals surface area contributed by atoms with Crippen molar-refractivity contribution >= 4 is 22.8 Å². The van der Waals surface area contributed by atoms with Gasteiger partial charge in [-0.25, -0.2) is 4.98 Å². The second-order valence-electron chi connectivity index (χ2n) is 5.01. The highest BCUT2D eigenvalue weighted by atomic mass is 16.4. The molecule has 7 nitrogen and oxygen atoms in total. The van der Waals surface area contributed by atoms with E-state index in [0.717, 1.165) is 0 Å². The molecule has 0 bridgehead atoms. The summed E-state index contributed by atoms with van der Waals surface area (Å²) < 4.78 is 1.26. The lowest BCUT2D eigenvalue weighted by Gasteiger charge is -2.17. The van der Waals surface area contributed by atoms with Crippen molar-refractivity contribution in [3.05, 3.63) is 40.9 Å². The van der Waals surface area contributed by atoms with Crippen molar-refractivity contribution in [2.75, 3.05) is 13.6 Å². The number of nitrogens with zero attached hydrogens (tertiary/aromatic N) is 3. The Labute approximate surface area is 126 Å². The molecule has 0 fully saturated rings. The fraction of sp³-hybridized carbons (Fsp3) is 0.333. The molecule has 1 aromatic heterocycles. The molecule has 0 radical (unpaired) electrons. The number of aliphatic carboxylic acids is 1. The van der Waals surface area contributed by atoms with Gasteiger partial charge < -0.3 is 10.0 Å². The molecule has 1 amide bonds. The number of para-hydroxylation sites is 1. The van der Waals surface area contributed by atoms with E-state index in [1.807, 2.05) is 0 Å². The van der Waals surface area contributed by atoms with Gasteiger partial charge in [0.15, 0.2) is 0 Å². The Balaban J connectivity index is 2.07. The maximum Gasteiger partial charge on any atom is 0.303 e. The smallest absolute Gasteiger partial charge is 0.303 e. The third-order valence-electron chi connectivity index (χ3n) is 3.35. The number of carbonyl (C=O) groups is 2. The fourth-order valence-corrected chi connectivity index (χ4v) is 2.08. The molecule has 22 heavy (non-hydrogen) atoms. The van der Waals surface area contributed by atoms with Gasteiger partial charge in [0.25, 0.3) is 5.56 Å². The maximum atomic E-state index is 12.3. The van der Waals surface area contributed by atoms with Crippen LogP contribution in [0, 0.1) is 0 Å². The van der Waals surface area contributed by atoms with E-state index in [2.05, 4.69) is 4.98 Å². The van der Waals surface area contributed by atoms with Crippen LogP contribution in [0.5, 0.6) is 0 Å². The van der Waals surface area contributed by atoms with Crippen LogP contribution >= 0.6 is 0 Å². The molecule has 7 heteroatoms. The van der Waals surface area contributed by atoms with E-state index in [4.69, 9.17) is 5.11 Å². The number of hydrogen-bond donors (Lipinski definition) is 1. The highest BCUT2D eigenvalue weighted by molar-refractivity contribution is 5.78. The van der Waals surface area contributed by atoms with E-state index in [1.165, 1.54) is 15.8 Å². The van der Waals surface area contributed by atoms with Crippen LogP contribution in [0.3, 0.4) is 0 Å². The molecule has 2 aromatic rings. The Kier molecular flexibility index (Phi) is 4.88. The number of hydrogen-bond acceptors (Lipinski definition) is 4. The normalized spacial score (nSPS) is 10.6. The van der Waals surface area contributed by atoms with Crippen molar-refractivity contribution in [1.82, 2.24) is 14.5 Å². The molecule has 0 atom stereocenters. The summed E-state index contributed by atoms with van der Waals surface area (Å²) in [5, 5.41) is 9.04. The zero-order chi connectivity index (χ0) is 16.1. The minimum Gasteiger partial charge on any atom is -0.481 e. The van der Waals surface area contributed by atoms with Gasteiger partial charge in [-0.1, -0.05) is 12.1 Å². The van der Waals surface area contributed by atoms with Gasteiger partial charge >= 0.3 is 5.97 Å². The molecule has 0 saturated heterocycles. The third-order valence-corrected chi connectivity index (χ3v) is 3.35. The average molecular weight is 303 g/mol. The van der Waals surface area contributed by atoms with E-state index in [1.54, 1.807) is 31.3 Å². The van der Waals surface area contributed by atoms with E-state index < -0.39 is 5.97 Å². The zero-order valence-corrected chi connectivity index (χ0v) is 12.2. The molecule has 116 valence electrons. The summed E-state index contributed by atoms with van der Waals surface area (Å²) in [6, 6.07) is 6.94. The largest absolute Gasteiger partial charge is 0.481 e. The first-order valence-electron chi connectivity index (χ1n) is 6.89. The minimum absolute atomic E-state index is 0.00903. The highest BCUT2D eigenvalue weighted by Crippen LogP contribution is 2.05. The molecule has 0 unspecified atom stereocenters. The molecular formula is C15H17N3O4. The zero-order valence-electron chi connectivity index (χ0n) is 12.2. The van der Waals surface area contributed by atoms with E-state index >= 15 is 0 Å². The summed E-state index contributed by atoms with van der Waals surface area (Å²) in [7, 11) is 1.59. The van der Waals surface area contributed by atoms with Crippen LogP contribution in [-0.4, -0.2) is 45.0 Å². The molecule has 1 N–H and O–H groups in total. The minimum atomic E-state index is -0.893. The van der Waals surface area contributed by atoms with Gasteiger partial charge in [-0.15, -0.1) is 0 Å². The van der Waals surface area contributed by atoms with Gasteiger partial charge in [0.05, 0.1) is 17.2 Å². The number of aromatic nitrogens is 2. The Hall–Kier alpha value is -2.70. The lowest BCUT2D eigenvalue weighted by Crippen LogP contribution is -2.34. The number of likely N-dealkylation sites (N-methyl/N-ethyl adjacent to an activating group) is 1. The van der Waals surface area contributed by atoms with Crippen LogP contribution in [0.25, 0.3) is 10.9 Å². The Bertz CT molecular complexity index is 754. The van der Waals surface area contributed by atoms with Crippen molar-refractivity contribution in [3.63, 3.8) is 0 Å². The summed E-state index contributed by atoms with van der Waals surface area (Å²) in [5.74, 6) is -1.15. The number of amides is 1. The Morgan fingerprint density at radius 2 is 2.05 bits per heavy atom. The summed E-state index contributed by atoms with van der Waals surface area (Å²) in [5.41, 5.74) is 0.323. The monoisotopic (exact) mass is 303 g/mol. The number of carboxylic acid groups (broad SMARTS) is 1. The van der Waals surface area contributed by atoms with Gasteiger partial charge in [0.2, 0.25) is 5.91 Å². The second-order valence-corrected chi connectivity index (χ2v) is 5.01. The molecule has 2 rings (SSSR count). The molecule has 0 spiro atoms. The lowest BCUT2D eigenvalue weighted by atomic mass is 10.2. The summed E-state index contributed by atoms with van der Waals surface area (Å²) in [6.45, 7) is 0.223. The van der Waals surface area contributed by atoms with Crippen LogP contribution in [0.4, 0.5) is 0 Å². The molecule has 0 aliphatic carbocycles. The van der Waals surface area contributed by atoms with Crippen LogP contribution in [0.1, 0.15) is 12.8 Å². The predicted molar refractivity (Wildman–Crippen MR) is 80.5 cm³/mol. The van der Waals surface area contributed by atoms with E-state index in [9.17, 15) is 14.4 Å². The number of carbonyl (C=O) groups excluding carboxylic acids is 1. The summed E-state index contributed by atoms with van der Waals surface area (Å²) >= 11 is 0. The first-order chi connectivity index (χ1) is 10.5. The Morgan fingerprint density at radius 3 is 2.77 bits per heavy atom. The first-order valence-corrected chi connectivity index (χ1v) is 6.89. The number of benzene rings is 1. The molecular weight excluding hydrogens is 286 g/mol. The maximum absolute atomic E-state index is 12.3. The predicted octanol–water partition coefficient (Wildman–Crippen LogP) is 0.720. The standard InChI is InChI=1S/C15H17N3O4/c1-17(8-4-7-14(20)21)13(19)9-18-10-16-12-6-3-2-5-11(12)15(18)22/h2-3,5-6,10H,4,7-9H2,1H3,(H,20,21). The molecule has 0 aliphatic rings. The van der Waals surface area contributed by atoms with E-state index in [0.29, 0.717) is 23.9 Å². The van der Waals surface area contributed by atoms with Crippen LogP contribution in [0.15, 0.2) is 35.4 Å². The molecule has 0 saturated carbocycles. The van der Waals surface area contributed by atoms with Gasteiger partial charge in [-0.05, 0) is 18.6 Å². The van der Waals surface area contributed by atoms with Crippen molar-refractivity contribution in [1.29, 1.82) is 0 Å². The van der Waals surface area contributed by atoms with Crippen LogP contribution < -0.4 is 5.56 Å². The van der Waals surface area contributed by atoms with Crippen LogP contribution in [0.2, 0.25) is 0 Å². The molecule has 1 heterocycles. The summed E-state index contributed by atoms with van der Waals surface area (Å²) in [4.78, 5) is 40.4. The van der Waals surface area contributed by atoms with Gasteiger partial charge in [-0.2, -0.15) is 0 Å². The lowest BCUT2D eigenvalue weighted by molar-refractivity contribution is -0.138. The summed E-state index contributed by atoms with van der Waals surface area (Å²) in [6.07, 6.45) is 1.74. The van der Waals surface area contributed by atoms with Crippen molar-refractivity contribution in [2.24, 2.45) is 0 Å². The van der Waals surface area contributed by atoms with Gasteiger partial charge in [0, 0.05) is 20.0 Å². The Morgan fingerprint density at radius 1 is 1.32 bits per heavy atom. The second kappa shape index (κ2) is 6.84. The van der Waals surface area contributed by atoms with E-state index in [-0.39, 0.29) is 24.4 Å². The molecule has 1 aromatic carbocycles. The highest BCUT2D eigenvalue weighted by Gasteiger charge is 2.12. The number of carboxylic acids is 1. The van der Waals surface area contributed by atoms with Crippen molar-refractivity contribution in [3.8, 4) is 0 Å². The SMILES string of the molecule is CN(CCCC(=O)O)C(=O)Cn1cnc2ccccc2c1=O. The number of fused-ring (bicyclic) bond motifs is 1. The van der Waals surface area contributed by atoms with Crippen LogP contribution in [-0.2, 0) is 16.1 Å².